The highest BCUT2D eigenvalue weighted by Gasteiger charge is 2.12. The molecule has 54 valence electrons. The van der Waals surface area contributed by atoms with Crippen molar-refractivity contribution in [2.75, 3.05) is 0 Å². The van der Waals surface area contributed by atoms with E-state index in [1.54, 1.807) is 0 Å². The Morgan fingerprint density at radius 2 is 1.90 bits per heavy atom. The first-order valence-corrected chi connectivity index (χ1v) is 3.36. The SMILES string of the molecule is CC1=NC(=O)C(C)=C(C)C1. The molecule has 0 saturated carbocycles. The average molecular weight is 137 g/mol. The molecule has 1 rings (SSSR count). The summed E-state index contributed by atoms with van der Waals surface area (Å²) in [6, 6.07) is 0. The van der Waals surface area contributed by atoms with Crippen molar-refractivity contribution in [2.45, 2.75) is 27.2 Å². The number of dihydropyridines is 1. The maximum Gasteiger partial charge on any atom is 0.272 e. The molecule has 0 aromatic rings. The highest BCUT2D eigenvalue weighted by molar-refractivity contribution is 6.06. The van der Waals surface area contributed by atoms with E-state index in [4.69, 9.17) is 0 Å². The second kappa shape index (κ2) is 2.37. The van der Waals surface area contributed by atoms with E-state index in [-0.39, 0.29) is 5.91 Å². The van der Waals surface area contributed by atoms with E-state index < -0.39 is 0 Å². The predicted octanol–water partition coefficient (Wildman–Crippen LogP) is 1.71. The van der Waals surface area contributed by atoms with Gasteiger partial charge in [0.1, 0.15) is 0 Å². The van der Waals surface area contributed by atoms with Crippen LogP contribution in [0.2, 0.25) is 0 Å². The molecular weight excluding hydrogens is 126 g/mol. The minimum Gasteiger partial charge on any atom is -0.267 e. The summed E-state index contributed by atoms with van der Waals surface area (Å²) in [7, 11) is 0. The molecular formula is C8H11NO. The Kier molecular flexibility index (Phi) is 1.70. The van der Waals surface area contributed by atoms with Crippen molar-refractivity contribution in [3.63, 3.8) is 0 Å². The number of carbonyl (C=O) groups is 1. The van der Waals surface area contributed by atoms with Crippen molar-refractivity contribution in [1.82, 2.24) is 0 Å². The third-order valence-corrected chi connectivity index (χ3v) is 1.77. The number of allylic oxidation sites excluding steroid dienone is 1. The number of amides is 1. The van der Waals surface area contributed by atoms with Gasteiger partial charge in [-0.15, -0.1) is 0 Å². The van der Waals surface area contributed by atoms with Gasteiger partial charge in [0.05, 0.1) is 0 Å². The molecule has 0 bridgehead atoms. The largest absolute Gasteiger partial charge is 0.272 e. The second-order valence-corrected chi connectivity index (χ2v) is 2.73. The fourth-order valence-corrected chi connectivity index (χ4v) is 0.996. The standard InChI is InChI=1S/C8H11NO/c1-5-4-6(2)9-8(10)7(5)3/h4H2,1-3H3. The first-order chi connectivity index (χ1) is 4.61. The van der Waals surface area contributed by atoms with Crippen molar-refractivity contribution in [3.05, 3.63) is 11.1 Å². The van der Waals surface area contributed by atoms with E-state index in [0.717, 1.165) is 23.3 Å². The summed E-state index contributed by atoms with van der Waals surface area (Å²) in [5, 5.41) is 0. The van der Waals surface area contributed by atoms with Gasteiger partial charge in [-0.05, 0) is 20.8 Å². The van der Waals surface area contributed by atoms with Gasteiger partial charge in [0.15, 0.2) is 0 Å². The molecule has 1 heterocycles. The molecule has 1 amide bonds. The van der Waals surface area contributed by atoms with Gasteiger partial charge in [-0.25, -0.2) is 4.99 Å². The Bertz CT molecular complexity index is 236. The van der Waals surface area contributed by atoms with Gasteiger partial charge in [0, 0.05) is 17.7 Å². The number of nitrogens with zero attached hydrogens (tertiary/aromatic N) is 1. The summed E-state index contributed by atoms with van der Waals surface area (Å²) in [5.74, 6) is -0.0683. The zero-order chi connectivity index (χ0) is 7.72. The van der Waals surface area contributed by atoms with Gasteiger partial charge in [-0.1, -0.05) is 5.57 Å². The molecule has 0 aromatic carbocycles. The Hall–Kier alpha value is -0.920. The summed E-state index contributed by atoms with van der Waals surface area (Å²) in [4.78, 5) is 14.8. The number of aliphatic imine (C=N–C) groups is 1. The molecule has 0 atom stereocenters. The van der Waals surface area contributed by atoms with Gasteiger partial charge in [-0.2, -0.15) is 0 Å². The second-order valence-electron chi connectivity index (χ2n) is 2.73. The Morgan fingerprint density at radius 3 is 2.40 bits per heavy atom. The van der Waals surface area contributed by atoms with Crippen LogP contribution in [0.4, 0.5) is 0 Å². The monoisotopic (exact) mass is 137 g/mol. The lowest BCUT2D eigenvalue weighted by Gasteiger charge is -2.09. The van der Waals surface area contributed by atoms with Gasteiger partial charge in [-0.3, -0.25) is 4.79 Å². The van der Waals surface area contributed by atoms with E-state index in [1.165, 1.54) is 0 Å². The molecule has 0 aromatic heterocycles. The van der Waals surface area contributed by atoms with Crippen molar-refractivity contribution in [2.24, 2.45) is 4.99 Å². The van der Waals surface area contributed by atoms with Crippen LogP contribution in [0.25, 0.3) is 0 Å². The summed E-state index contributed by atoms with van der Waals surface area (Å²) in [5.41, 5.74) is 2.89. The molecule has 0 saturated heterocycles. The van der Waals surface area contributed by atoms with Gasteiger partial charge < -0.3 is 0 Å². The first-order valence-electron chi connectivity index (χ1n) is 3.36. The van der Waals surface area contributed by atoms with E-state index in [9.17, 15) is 4.79 Å². The summed E-state index contributed by atoms with van der Waals surface area (Å²) in [6.07, 6.45) is 0.859. The summed E-state index contributed by atoms with van der Waals surface area (Å²) >= 11 is 0. The maximum absolute atomic E-state index is 11.0. The first kappa shape index (κ1) is 7.19. The highest BCUT2D eigenvalue weighted by atomic mass is 16.1. The van der Waals surface area contributed by atoms with Crippen LogP contribution in [0.15, 0.2) is 16.1 Å². The van der Waals surface area contributed by atoms with Crippen LogP contribution in [-0.4, -0.2) is 11.6 Å². The zero-order valence-corrected chi connectivity index (χ0v) is 6.56. The molecule has 1 aliphatic rings. The number of hydrogen-bond donors (Lipinski definition) is 0. The van der Waals surface area contributed by atoms with Crippen molar-refractivity contribution < 1.29 is 4.79 Å². The molecule has 0 fully saturated rings. The van der Waals surface area contributed by atoms with Crippen LogP contribution in [0, 0.1) is 0 Å². The molecule has 1 aliphatic heterocycles. The third kappa shape index (κ3) is 1.15. The molecule has 10 heavy (non-hydrogen) atoms. The fraction of sp³-hybridized carbons (Fsp3) is 0.500. The highest BCUT2D eigenvalue weighted by Crippen LogP contribution is 2.15. The molecule has 2 heteroatoms. The Morgan fingerprint density at radius 1 is 1.30 bits per heavy atom. The molecule has 0 spiro atoms. The van der Waals surface area contributed by atoms with Gasteiger partial charge in [0.25, 0.3) is 5.91 Å². The zero-order valence-electron chi connectivity index (χ0n) is 6.56. The van der Waals surface area contributed by atoms with Crippen molar-refractivity contribution in [3.8, 4) is 0 Å². The number of rotatable bonds is 0. The van der Waals surface area contributed by atoms with Crippen LogP contribution >= 0.6 is 0 Å². The molecule has 0 N–H and O–H groups in total. The average Bonchev–Trinajstić information content (AvgIpc) is 1.82. The van der Waals surface area contributed by atoms with Gasteiger partial charge in [0.2, 0.25) is 0 Å². The molecule has 0 unspecified atom stereocenters. The Labute approximate surface area is 60.7 Å². The van der Waals surface area contributed by atoms with Crippen LogP contribution in [0.5, 0.6) is 0 Å². The fourth-order valence-electron chi connectivity index (χ4n) is 0.996. The van der Waals surface area contributed by atoms with Gasteiger partial charge >= 0.3 is 0 Å². The Balaban J connectivity index is 2.96. The minimum absolute atomic E-state index is 0.0683. The maximum atomic E-state index is 11.0. The third-order valence-electron chi connectivity index (χ3n) is 1.77. The summed E-state index contributed by atoms with van der Waals surface area (Å²) in [6.45, 7) is 5.69. The quantitative estimate of drug-likeness (QED) is 0.499. The van der Waals surface area contributed by atoms with E-state index >= 15 is 0 Å². The summed E-state index contributed by atoms with van der Waals surface area (Å²) < 4.78 is 0. The molecule has 2 nitrogen and oxygen atoms in total. The number of carbonyl (C=O) groups excluding carboxylic acids is 1. The smallest absolute Gasteiger partial charge is 0.267 e. The van der Waals surface area contributed by atoms with Crippen molar-refractivity contribution >= 4 is 11.6 Å². The van der Waals surface area contributed by atoms with E-state index in [2.05, 4.69) is 4.99 Å². The lowest BCUT2D eigenvalue weighted by atomic mass is 10.0. The molecule has 0 radical (unpaired) electrons. The van der Waals surface area contributed by atoms with Crippen molar-refractivity contribution in [1.29, 1.82) is 0 Å². The lowest BCUT2D eigenvalue weighted by molar-refractivity contribution is -0.114. The van der Waals surface area contributed by atoms with Crippen LogP contribution < -0.4 is 0 Å². The van der Waals surface area contributed by atoms with Crippen LogP contribution in [-0.2, 0) is 4.79 Å². The van der Waals surface area contributed by atoms with E-state index in [0.29, 0.717) is 0 Å². The minimum atomic E-state index is -0.0683. The lowest BCUT2D eigenvalue weighted by Crippen LogP contribution is -2.10. The topological polar surface area (TPSA) is 29.4 Å². The number of hydrogen-bond acceptors (Lipinski definition) is 1. The normalized spacial score (nSPS) is 19.5. The van der Waals surface area contributed by atoms with E-state index in [1.807, 2.05) is 20.8 Å². The van der Waals surface area contributed by atoms with Crippen LogP contribution in [0.3, 0.4) is 0 Å². The van der Waals surface area contributed by atoms with Crippen LogP contribution in [0.1, 0.15) is 27.2 Å². The predicted molar refractivity (Wildman–Crippen MR) is 41.1 cm³/mol. The molecule has 0 aliphatic carbocycles.